The summed E-state index contributed by atoms with van der Waals surface area (Å²) in [5.41, 5.74) is 4.12. The molecule has 128 valence electrons. The van der Waals surface area contributed by atoms with Crippen LogP contribution >= 0.6 is 11.6 Å². The first-order chi connectivity index (χ1) is 12.0. The van der Waals surface area contributed by atoms with Crippen LogP contribution in [0.4, 0.5) is 17.5 Å². The van der Waals surface area contributed by atoms with E-state index in [9.17, 15) is 0 Å². The number of nitrogens with one attached hydrogen (secondary N) is 2. The van der Waals surface area contributed by atoms with Gasteiger partial charge in [-0.1, -0.05) is 48.0 Å². The molecule has 1 unspecified atom stereocenters. The minimum atomic E-state index is 0.115. The highest BCUT2D eigenvalue weighted by Crippen LogP contribution is 2.25. The second-order valence-corrected chi connectivity index (χ2v) is 6.52. The zero-order valence-corrected chi connectivity index (χ0v) is 15.3. The van der Waals surface area contributed by atoms with E-state index in [1.54, 1.807) is 0 Å². The van der Waals surface area contributed by atoms with Crippen LogP contribution < -0.4 is 10.6 Å². The zero-order chi connectivity index (χ0) is 17.8. The molecule has 0 aliphatic carbocycles. The van der Waals surface area contributed by atoms with Crippen LogP contribution in [0.1, 0.15) is 29.8 Å². The van der Waals surface area contributed by atoms with Gasteiger partial charge in [0.05, 0.1) is 6.04 Å². The Balaban J connectivity index is 1.82. The molecule has 0 saturated heterocycles. The van der Waals surface area contributed by atoms with Crippen LogP contribution in [-0.4, -0.2) is 9.97 Å². The Labute approximate surface area is 153 Å². The molecule has 0 amide bonds. The molecule has 0 aliphatic heterocycles. The summed E-state index contributed by atoms with van der Waals surface area (Å²) in [6, 6.07) is 18.0. The van der Waals surface area contributed by atoms with Crippen LogP contribution in [0.5, 0.6) is 0 Å². The van der Waals surface area contributed by atoms with Crippen LogP contribution in [0, 0.1) is 13.8 Å². The lowest BCUT2D eigenvalue weighted by Crippen LogP contribution is -2.11. The van der Waals surface area contributed by atoms with Crippen molar-refractivity contribution >= 4 is 29.1 Å². The van der Waals surface area contributed by atoms with Crippen LogP contribution in [0.25, 0.3) is 0 Å². The number of nitrogens with zero attached hydrogens (tertiary/aromatic N) is 2. The standard InChI is InChI=1S/C20H21ClN4/c1-13-9-10-17(21)12-18(13)24-19-11-14(2)22-20(25-19)23-15(3)16-7-5-4-6-8-16/h4-12,15H,1-3H3,(H2,22,23,24,25). The zero-order valence-electron chi connectivity index (χ0n) is 14.5. The fourth-order valence-electron chi connectivity index (χ4n) is 2.58. The highest BCUT2D eigenvalue weighted by atomic mass is 35.5. The first-order valence-electron chi connectivity index (χ1n) is 8.21. The topological polar surface area (TPSA) is 49.8 Å². The fraction of sp³-hybridized carbons (Fsp3) is 0.200. The highest BCUT2D eigenvalue weighted by molar-refractivity contribution is 6.30. The van der Waals surface area contributed by atoms with Crippen LogP contribution in [0.2, 0.25) is 5.02 Å². The van der Waals surface area contributed by atoms with E-state index in [0.717, 1.165) is 22.8 Å². The van der Waals surface area contributed by atoms with E-state index in [-0.39, 0.29) is 6.04 Å². The lowest BCUT2D eigenvalue weighted by Gasteiger charge is -2.16. The number of aryl methyl sites for hydroxylation is 2. The molecule has 0 radical (unpaired) electrons. The lowest BCUT2D eigenvalue weighted by atomic mass is 10.1. The minimum absolute atomic E-state index is 0.115. The summed E-state index contributed by atoms with van der Waals surface area (Å²) in [6.45, 7) is 6.08. The molecule has 1 aromatic heterocycles. The van der Waals surface area contributed by atoms with Crippen molar-refractivity contribution in [2.24, 2.45) is 0 Å². The van der Waals surface area contributed by atoms with Gasteiger partial charge < -0.3 is 10.6 Å². The van der Waals surface area contributed by atoms with Crippen molar-refractivity contribution in [1.29, 1.82) is 0 Å². The Bertz CT molecular complexity index is 865. The maximum absolute atomic E-state index is 6.10. The molecule has 2 N–H and O–H groups in total. The third-order valence-corrected chi connectivity index (χ3v) is 4.20. The molecule has 5 heteroatoms. The normalized spacial score (nSPS) is 11.8. The summed E-state index contributed by atoms with van der Waals surface area (Å²) in [5, 5.41) is 7.38. The van der Waals surface area contributed by atoms with Gasteiger partial charge in [0, 0.05) is 22.5 Å². The van der Waals surface area contributed by atoms with Gasteiger partial charge in [-0.05, 0) is 44.0 Å². The SMILES string of the molecule is Cc1cc(Nc2cc(Cl)ccc2C)nc(NC(C)c2ccccc2)n1. The molecule has 3 aromatic rings. The fourth-order valence-corrected chi connectivity index (χ4v) is 2.75. The summed E-state index contributed by atoms with van der Waals surface area (Å²) in [4.78, 5) is 9.08. The summed E-state index contributed by atoms with van der Waals surface area (Å²) in [5.74, 6) is 1.33. The predicted octanol–water partition coefficient (Wildman–Crippen LogP) is 5.66. The van der Waals surface area contributed by atoms with E-state index >= 15 is 0 Å². The Morgan fingerprint density at radius 3 is 2.48 bits per heavy atom. The first-order valence-corrected chi connectivity index (χ1v) is 8.59. The average molecular weight is 353 g/mol. The van der Waals surface area contributed by atoms with Gasteiger partial charge in [0.2, 0.25) is 5.95 Å². The Hall–Kier alpha value is -2.59. The molecule has 0 aliphatic rings. The summed E-state index contributed by atoms with van der Waals surface area (Å²) >= 11 is 6.10. The molecule has 1 heterocycles. The maximum Gasteiger partial charge on any atom is 0.225 e. The number of halogens is 1. The van der Waals surface area contributed by atoms with Gasteiger partial charge in [-0.3, -0.25) is 0 Å². The van der Waals surface area contributed by atoms with Crippen molar-refractivity contribution < 1.29 is 0 Å². The lowest BCUT2D eigenvalue weighted by molar-refractivity contribution is 0.858. The number of rotatable bonds is 5. The highest BCUT2D eigenvalue weighted by Gasteiger charge is 2.09. The van der Waals surface area contributed by atoms with E-state index in [4.69, 9.17) is 11.6 Å². The summed E-state index contributed by atoms with van der Waals surface area (Å²) in [6.07, 6.45) is 0. The monoisotopic (exact) mass is 352 g/mol. The van der Waals surface area contributed by atoms with E-state index in [0.29, 0.717) is 11.0 Å². The van der Waals surface area contributed by atoms with Crippen molar-refractivity contribution in [3.05, 3.63) is 76.4 Å². The van der Waals surface area contributed by atoms with Crippen molar-refractivity contribution in [2.75, 3.05) is 10.6 Å². The predicted molar refractivity (Wildman–Crippen MR) is 105 cm³/mol. The van der Waals surface area contributed by atoms with Gasteiger partial charge >= 0.3 is 0 Å². The maximum atomic E-state index is 6.10. The van der Waals surface area contributed by atoms with Gasteiger partial charge in [0.1, 0.15) is 5.82 Å². The number of benzene rings is 2. The third kappa shape index (κ3) is 4.48. The second kappa shape index (κ2) is 7.53. The van der Waals surface area contributed by atoms with E-state index < -0.39 is 0 Å². The van der Waals surface area contributed by atoms with E-state index in [2.05, 4.69) is 39.7 Å². The molecule has 2 aromatic carbocycles. The molecule has 0 saturated carbocycles. The van der Waals surface area contributed by atoms with Crippen LogP contribution in [-0.2, 0) is 0 Å². The van der Waals surface area contributed by atoms with Crippen LogP contribution in [0.15, 0.2) is 54.6 Å². The second-order valence-electron chi connectivity index (χ2n) is 6.08. The number of aromatic nitrogens is 2. The first kappa shape index (κ1) is 17.2. The Morgan fingerprint density at radius 2 is 1.72 bits per heavy atom. The molecule has 25 heavy (non-hydrogen) atoms. The largest absolute Gasteiger partial charge is 0.348 e. The Morgan fingerprint density at radius 1 is 0.960 bits per heavy atom. The molecular weight excluding hydrogens is 332 g/mol. The Kier molecular flexibility index (Phi) is 5.19. The minimum Gasteiger partial charge on any atom is -0.348 e. The van der Waals surface area contributed by atoms with Crippen LogP contribution in [0.3, 0.4) is 0 Å². The van der Waals surface area contributed by atoms with Crippen molar-refractivity contribution in [2.45, 2.75) is 26.8 Å². The third-order valence-electron chi connectivity index (χ3n) is 3.96. The molecule has 0 spiro atoms. The van der Waals surface area contributed by atoms with Crippen molar-refractivity contribution in [1.82, 2.24) is 9.97 Å². The average Bonchev–Trinajstić information content (AvgIpc) is 2.58. The van der Waals surface area contributed by atoms with Gasteiger partial charge in [0.15, 0.2) is 0 Å². The van der Waals surface area contributed by atoms with Gasteiger partial charge in [-0.2, -0.15) is 4.98 Å². The van der Waals surface area contributed by atoms with Gasteiger partial charge in [-0.15, -0.1) is 0 Å². The van der Waals surface area contributed by atoms with Gasteiger partial charge in [0.25, 0.3) is 0 Å². The molecule has 1 atom stereocenters. The quantitative estimate of drug-likeness (QED) is 0.621. The smallest absolute Gasteiger partial charge is 0.225 e. The number of anilines is 3. The molecule has 0 bridgehead atoms. The van der Waals surface area contributed by atoms with Crippen molar-refractivity contribution in [3.8, 4) is 0 Å². The molecular formula is C20H21ClN4. The van der Waals surface area contributed by atoms with Crippen molar-refractivity contribution in [3.63, 3.8) is 0 Å². The summed E-state index contributed by atoms with van der Waals surface area (Å²) in [7, 11) is 0. The number of hydrogen-bond donors (Lipinski definition) is 2. The summed E-state index contributed by atoms with van der Waals surface area (Å²) < 4.78 is 0. The molecule has 4 nitrogen and oxygen atoms in total. The van der Waals surface area contributed by atoms with E-state index in [1.165, 1.54) is 5.56 Å². The van der Waals surface area contributed by atoms with Gasteiger partial charge in [-0.25, -0.2) is 4.98 Å². The van der Waals surface area contributed by atoms with E-state index in [1.807, 2.05) is 56.3 Å². The molecule has 0 fully saturated rings. The molecule has 3 rings (SSSR count). The number of hydrogen-bond acceptors (Lipinski definition) is 4.